The van der Waals surface area contributed by atoms with E-state index in [9.17, 15) is 4.79 Å². The number of hydrogen-bond donors (Lipinski definition) is 0. The van der Waals surface area contributed by atoms with Gasteiger partial charge in [0.1, 0.15) is 11.4 Å². The number of carbonyl (C=O) groups is 1. The Morgan fingerprint density at radius 3 is 2.94 bits per heavy atom. The summed E-state index contributed by atoms with van der Waals surface area (Å²) in [5.74, 6) is 1.19. The molecule has 1 aromatic carbocycles. The molecular weight excluding hydrogens is 232 g/mol. The first kappa shape index (κ1) is 10.7. The molecule has 0 aliphatic carbocycles. The first-order chi connectivity index (χ1) is 8.72. The minimum Gasteiger partial charge on any atom is -0.453 e. The SMILES string of the molecule is CC(=O)Cc1nc(-c2cc3ccccc3o2)no1. The standard InChI is InChI=1S/C13H10N2O3/c1-8(16)6-12-14-13(15-18-12)11-7-9-4-2-3-5-10(9)17-11/h2-5,7H,6H2,1H3. The number of furan rings is 1. The zero-order valence-corrected chi connectivity index (χ0v) is 9.71. The zero-order chi connectivity index (χ0) is 12.5. The molecule has 90 valence electrons. The van der Waals surface area contributed by atoms with Crippen LogP contribution in [-0.4, -0.2) is 15.9 Å². The molecule has 0 saturated carbocycles. The molecule has 0 radical (unpaired) electrons. The minimum absolute atomic E-state index is 0.0187. The second-order valence-electron chi connectivity index (χ2n) is 4.04. The number of hydrogen-bond acceptors (Lipinski definition) is 5. The average Bonchev–Trinajstić information content (AvgIpc) is 2.93. The van der Waals surface area contributed by atoms with Gasteiger partial charge >= 0.3 is 0 Å². The number of Topliss-reactive ketones (excluding diaryl/α,β-unsaturated/α-hetero) is 1. The second-order valence-corrected chi connectivity index (χ2v) is 4.04. The number of para-hydroxylation sites is 1. The second kappa shape index (κ2) is 4.10. The van der Waals surface area contributed by atoms with Crippen molar-refractivity contribution in [1.29, 1.82) is 0 Å². The van der Waals surface area contributed by atoms with Gasteiger partial charge in [0.25, 0.3) is 0 Å². The first-order valence-electron chi connectivity index (χ1n) is 5.53. The predicted octanol–water partition coefficient (Wildman–Crippen LogP) is 2.61. The Labute approximate surface area is 102 Å². The van der Waals surface area contributed by atoms with Crippen molar-refractivity contribution in [3.05, 3.63) is 36.2 Å². The average molecular weight is 242 g/mol. The molecule has 0 aliphatic heterocycles. The number of nitrogens with zero attached hydrogens (tertiary/aromatic N) is 2. The van der Waals surface area contributed by atoms with E-state index in [4.69, 9.17) is 8.94 Å². The molecule has 0 spiro atoms. The largest absolute Gasteiger partial charge is 0.453 e. The Morgan fingerprint density at radius 1 is 1.33 bits per heavy atom. The molecule has 0 unspecified atom stereocenters. The van der Waals surface area contributed by atoms with E-state index in [1.54, 1.807) is 0 Å². The van der Waals surface area contributed by atoms with Crippen molar-refractivity contribution in [2.24, 2.45) is 0 Å². The highest BCUT2D eigenvalue weighted by Crippen LogP contribution is 2.25. The van der Waals surface area contributed by atoms with Crippen molar-refractivity contribution in [2.75, 3.05) is 0 Å². The Hall–Kier alpha value is -2.43. The van der Waals surface area contributed by atoms with Gasteiger partial charge in [-0.2, -0.15) is 4.98 Å². The van der Waals surface area contributed by atoms with Crippen molar-refractivity contribution in [1.82, 2.24) is 10.1 Å². The molecule has 0 atom stereocenters. The molecule has 0 fully saturated rings. The third-order valence-electron chi connectivity index (χ3n) is 2.51. The van der Waals surface area contributed by atoms with Crippen molar-refractivity contribution >= 4 is 16.8 Å². The number of rotatable bonds is 3. The van der Waals surface area contributed by atoms with Crippen molar-refractivity contribution < 1.29 is 13.7 Å². The Morgan fingerprint density at radius 2 is 2.17 bits per heavy atom. The van der Waals surface area contributed by atoms with Gasteiger partial charge in [-0.15, -0.1) is 0 Å². The summed E-state index contributed by atoms with van der Waals surface area (Å²) < 4.78 is 10.6. The zero-order valence-electron chi connectivity index (χ0n) is 9.71. The van der Waals surface area contributed by atoms with E-state index in [0.29, 0.717) is 17.5 Å². The van der Waals surface area contributed by atoms with Crippen LogP contribution in [0.3, 0.4) is 0 Å². The molecule has 3 aromatic rings. The van der Waals surface area contributed by atoms with Gasteiger partial charge in [-0.05, 0) is 19.1 Å². The lowest BCUT2D eigenvalue weighted by atomic mass is 10.2. The van der Waals surface area contributed by atoms with E-state index in [0.717, 1.165) is 11.0 Å². The summed E-state index contributed by atoms with van der Waals surface area (Å²) in [4.78, 5) is 15.1. The summed E-state index contributed by atoms with van der Waals surface area (Å²) in [6, 6.07) is 9.48. The van der Waals surface area contributed by atoms with Crippen LogP contribution in [0.15, 0.2) is 39.3 Å². The third-order valence-corrected chi connectivity index (χ3v) is 2.51. The highest BCUT2D eigenvalue weighted by Gasteiger charge is 2.14. The maximum Gasteiger partial charge on any atom is 0.238 e. The lowest BCUT2D eigenvalue weighted by molar-refractivity contribution is -0.116. The Bertz CT molecular complexity index is 679. The van der Waals surface area contributed by atoms with Crippen LogP contribution in [0, 0.1) is 0 Å². The summed E-state index contributed by atoms with van der Waals surface area (Å²) in [6.45, 7) is 1.48. The van der Waals surface area contributed by atoms with Crippen molar-refractivity contribution in [3.8, 4) is 11.6 Å². The van der Waals surface area contributed by atoms with Crippen LogP contribution in [0.5, 0.6) is 0 Å². The van der Waals surface area contributed by atoms with Gasteiger partial charge in [0.15, 0.2) is 5.76 Å². The van der Waals surface area contributed by atoms with E-state index >= 15 is 0 Å². The molecule has 0 saturated heterocycles. The molecule has 5 heteroatoms. The van der Waals surface area contributed by atoms with Gasteiger partial charge in [0.2, 0.25) is 11.7 Å². The van der Waals surface area contributed by atoms with Crippen LogP contribution in [0.2, 0.25) is 0 Å². The minimum atomic E-state index is -0.0187. The third kappa shape index (κ3) is 1.90. The molecule has 18 heavy (non-hydrogen) atoms. The number of carbonyl (C=O) groups excluding carboxylic acids is 1. The maximum atomic E-state index is 10.9. The molecule has 0 aliphatic rings. The van der Waals surface area contributed by atoms with Crippen LogP contribution >= 0.6 is 0 Å². The smallest absolute Gasteiger partial charge is 0.238 e. The van der Waals surface area contributed by atoms with E-state index in [1.165, 1.54) is 6.92 Å². The summed E-state index contributed by atoms with van der Waals surface area (Å²) in [5, 5.41) is 4.78. The molecule has 0 bridgehead atoms. The van der Waals surface area contributed by atoms with E-state index in [2.05, 4.69) is 10.1 Å². The van der Waals surface area contributed by atoms with Gasteiger partial charge in [-0.1, -0.05) is 23.4 Å². The van der Waals surface area contributed by atoms with Crippen LogP contribution in [0.1, 0.15) is 12.8 Å². The molecular formula is C13H10N2O3. The number of fused-ring (bicyclic) bond motifs is 1. The van der Waals surface area contributed by atoms with Gasteiger partial charge < -0.3 is 8.94 Å². The highest BCUT2D eigenvalue weighted by molar-refractivity contribution is 5.81. The van der Waals surface area contributed by atoms with E-state index in [1.807, 2.05) is 30.3 Å². The van der Waals surface area contributed by atoms with Crippen LogP contribution in [-0.2, 0) is 11.2 Å². The molecule has 5 nitrogen and oxygen atoms in total. The fraction of sp³-hybridized carbons (Fsp3) is 0.154. The van der Waals surface area contributed by atoms with Gasteiger partial charge in [0.05, 0.1) is 6.42 Å². The monoisotopic (exact) mass is 242 g/mol. The van der Waals surface area contributed by atoms with Crippen LogP contribution < -0.4 is 0 Å². The van der Waals surface area contributed by atoms with E-state index < -0.39 is 0 Å². The van der Waals surface area contributed by atoms with E-state index in [-0.39, 0.29) is 12.2 Å². The first-order valence-corrected chi connectivity index (χ1v) is 5.53. The lowest BCUT2D eigenvalue weighted by Gasteiger charge is -1.85. The van der Waals surface area contributed by atoms with Crippen molar-refractivity contribution in [3.63, 3.8) is 0 Å². The highest BCUT2D eigenvalue weighted by atomic mass is 16.5. The number of aromatic nitrogens is 2. The number of benzene rings is 1. The normalized spacial score (nSPS) is 10.9. The van der Waals surface area contributed by atoms with Gasteiger partial charge in [-0.3, -0.25) is 4.79 Å². The molecule has 0 N–H and O–H groups in total. The predicted molar refractivity (Wildman–Crippen MR) is 63.9 cm³/mol. The van der Waals surface area contributed by atoms with Crippen LogP contribution in [0.4, 0.5) is 0 Å². The fourth-order valence-corrected chi connectivity index (χ4v) is 1.73. The fourth-order valence-electron chi connectivity index (χ4n) is 1.73. The molecule has 3 rings (SSSR count). The topological polar surface area (TPSA) is 69.1 Å². The maximum absolute atomic E-state index is 10.9. The van der Waals surface area contributed by atoms with Crippen LogP contribution in [0.25, 0.3) is 22.6 Å². The van der Waals surface area contributed by atoms with Gasteiger partial charge in [0, 0.05) is 5.39 Å². The molecule has 0 amide bonds. The quantitative estimate of drug-likeness (QED) is 0.706. The summed E-state index contributed by atoms with van der Waals surface area (Å²) in [5.41, 5.74) is 0.769. The lowest BCUT2D eigenvalue weighted by Crippen LogP contribution is -1.95. The number of ketones is 1. The molecule has 2 heterocycles. The van der Waals surface area contributed by atoms with Crippen molar-refractivity contribution in [2.45, 2.75) is 13.3 Å². The summed E-state index contributed by atoms with van der Waals surface area (Å²) in [7, 11) is 0. The summed E-state index contributed by atoms with van der Waals surface area (Å²) >= 11 is 0. The summed E-state index contributed by atoms with van der Waals surface area (Å²) in [6.07, 6.45) is 0.146. The van der Waals surface area contributed by atoms with Gasteiger partial charge in [-0.25, -0.2) is 0 Å². The Balaban J connectivity index is 1.98. The molecule has 2 aromatic heterocycles. The Kier molecular flexibility index (Phi) is 2.44.